The molecule has 1 saturated heterocycles. The zero-order valence-corrected chi connectivity index (χ0v) is 25.5. The predicted molar refractivity (Wildman–Crippen MR) is 163 cm³/mol. The smallest absolute Gasteiger partial charge is 0.339 e. The quantitative estimate of drug-likeness (QED) is 0.352. The normalized spacial score (nSPS) is 25.2. The Balaban J connectivity index is 1.38. The van der Waals surface area contributed by atoms with Crippen LogP contribution in [0.25, 0.3) is 0 Å². The highest BCUT2D eigenvalue weighted by Crippen LogP contribution is 2.62. The van der Waals surface area contributed by atoms with Crippen LogP contribution in [-0.4, -0.2) is 39.4 Å². The van der Waals surface area contributed by atoms with Crippen LogP contribution in [0.2, 0.25) is 5.02 Å². The van der Waals surface area contributed by atoms with Gasteiger partial charge >= 0.3 is 15.9 Å². The number of piperidine rings is 1. The van der Waals surface area contributed by atoms with Gasteiger partial charge in [-0.2, -0.15) is 8.42 Å². The van der Waals surface area contributed by atoms with Gasteiger partial charge in [0.1, 0.15) is 16.8 Å². The van der Waals surface area contributed by atoms with Gasteiger partial charge in [0.2, 0.25) is 0 Å². The first-order chi connectivity index (χ1) is 20.5. The summed E-state index contributed by atoms with van der Waals surface area (Å²) < 4.78 is 42.6. The van der Waals surface area contributed by atoms with Crippen molar-refractivity contribution < 1.29 is 22.4 Å². The number of nitrogens with zero attached hydrogens (tertiary/aromatic N) is 1. The minimum absolute atomic E-state index is 0.0292. The van der Waals surface area contributed by atoms with Crippen molar-refractivity contribution >= 4 is 39.1 Å². The van der Waals surface area contributed by atoms with Crippen LogP contribution < -0.4 is 14.5 Å². The summed E-state index contributed by atoms with van der Waals surface area (Å²) in [5, 5.41) is 7.27. The molecule has 1 spiro atoms. The molecule has 2 unspecified atom stereocenters. The lowest BCUT2D eigenvalue weighted by Crippen LogP contribution is -2.67. The molecular formula is C33H34ClFN3O4S+. The molecule has 2 amide bonds. The number of hydrogen-bond acceptors (Lipinski definition) is 5. The molecule has 0 aromatic heterocycles. The van der Waals surface area contributed by atoms with Crippen molar-refractivity contribution in [2.24, 2.45) is 5.92 Å². The van der Waals surface area contributed by atoms with E-state index in [1.165, 1.54) is 19.1 Å². The maximum atomic E-state index is 14.8. The van der Waals surface area contributed by atoms with Crippen molar-refractivity contribution in [3.63, 3.8) is 0 Å². The molecule has 3 aromatic carbocycles. The molecule has 2 saturated carbocycles. The standard InChI is InChI=1S/C33H33ClFN3O4S/c1-21(39)38(43(41,42)27-11-9-26(35)10-12-27)29-13-4-23(31(40)37-33(14-15-33)24-5-7-25(34)8-6-24)20-28(29)32(16-18-36-19-17-32)30(38)22-2-3-22/h4-13,20,22,30,36H,2-3,14-19H2,1H3/p+1. The molecule has 2 heterocycles. The van der Waals surface area contributed by atoms with E-state index in [1.807, 2.05) is 30.3 Å². The van der Waals surface area contributed by atoms with Gasteiger partial charge in [-0.1, -0.05) is 23.7 Å². The second-order valence-electron chi connectivity index (χ2n) is 12.6. The highest BCUT2D eigenvalue weighted by molar-refractivity contribution is 7.91. The van der Waals surface area contributed by atoms with E-state index >= 15 is 0 Å². The first kappa shape index (κ1) is 28.6. The Bertz CT molecular complexity index is 1730. The van der Waals surface area contributed by atoms with E-state index in [0.717, 1.165) is 48.9 Å². The molecule has 10 heteroatoms. The van der Waals surface area contributed by atoms with E-state index in [0.29, 0.717) is 42.2 Å². The Labute approximate surface area is 256 Å². The highest BCUT2D eigenvalue weighted by atomic mass is 35.5. The van der Waals surface area contributed by atoms with Crippen molar-refractivity contribution in [2.45, 2.75) is 67.3 Å². The number of hydrogen-bond donors (Lipinski definition) is 2. The summed E-state index contributed by atoms with van der Waals surface area (Å²) in [4.78, 5) is 27.7. The molecule has 43 heavy (non-hydrogen) atoms. The highest BCUT2D eigenvalue weighted by Gasteiger charge is 2.73. The summed E-state index contributed by atoms with van der Waals surface area (Å²) in [7, 11) is -4.36. The number of amides is 2. The topological polar surface area (TPSA) is 92.3 Å². The molecule has 224 valence electrons. The number of sulfonamides is 1. The van der Waals surface area contributed by atoms with Gasteiger partial charge in [0.05, 0.1) is 17.9 Å². The Morgan fingerprint density at radius 2 is 1.60 bits per heavy atom. The Morgan fingerprint density at radius 3 is 2.19 bits per heavy atom. The van der Waals surface area contributed by atoms with E-state index in [1.54, 1.807) is 12.1 Å². The maximum Gasteiger partial charge on any atom is 0.339 e. The zero-order chi connectivity index (χ0) is 30.2. The molecule has 2 N–H and O–H groups in total. The SMILES string of the molecule is CC(=O)[N+]1(S(=O)(=O)c2ccc(F)cc2)c2ccc(C(=O)NC3(c4ccc(Cl)cc4)CC3)cc2C2(CCNCC2)C1C1CC1. The third-order valence-corrected chi connectivity index (χ3v) is 12.7. The number of benzene rings is 3. The molecule has 7 rings (SSSR count). The lowest BCUT2D eigenvalue weighted by molar-refractivity contribution is -0.126. The lowest BCUT2D eigenvalue weighted by Gasteiger charge is -2.43. The molecule has 2 aliphatic heterocycles. The van der Waals surface area contributed by atoms with Crippen molar-refractivity contribution in [2.75, 3.05) is 13.1 Å². The summed E-state index contributed by atoms with van der Waals surface area (Å²) in [5.74, 6) is -1.25. The first-order valence-electron chi connectivity index (χ1n) is 14.9. The average molecular weight is 623 g/mol. The van der Waals surface area contributed by atoms with E-state index in [4.69, 9.17) is 11.6 Å². The van der Waals surface area contributed by atoms with Crippen LogP contribution in [0, 0.1) is 11.7 Å². The van der Waals surface area contributed by atoms with Crippen LogP contribution in [0.3, 0.4) is 0 Å². The average Bonchev–Trinajstić information content (AvgIpc) is 3.93. The van der Waals surface area contributed by atoms with Crippen LogP contribution in [-0.2, 0) is 25.8 Å². The number of nitrogens with one attached hydrogen (secondary N) is 2. The Hall–Kier alpha value is -3.11. The summed E-state index contributed by atoms with van der Waals surface area (Å²) in [5.41, 5.74) is 1.52. The number of halogens is 2. The van der Waals surface area contributed by atoms with Crippen LogP contribution >= 0.6 is 11.6 Å². The minimum Gasteiger partial charge on any atom is -0.343 e. The van der Waals surface area contributed by atoms with Gasteiger partial charge in [-0.25, -0.2) is 9.18 Å². The first-order valence-corrected chi connectivity index (χ1v) is 16.7. The Morgan fingerprint density at radius 1 is 0.953 bits per heavy atom. The van der Waals surface area contributed by atoms with E-state index in [9.17, 15) is 22.4 Å². The van der Waals surface area contributed by atoms with Crippen LogP contribution in [0.5, 0.6) is 0 Å². The summed E-state index contributed by atoms with van der Waals surface area (Å²) in [6.45, 7) is 2.70. The fourth-order valence-electron chi connectivity index (χ4n) is 7.88. The van der Waals surface area contributed by atoms with Gasteiger partial charge in [-0.3, -0.25) is 4.79 Å². The lowest BCUT2D eigenvalue weighted by atomic mass is 9.68. The zero-order valence-electron chi connectivity index (χ0n) is 23.9. The van der Waals surface area contributed by atoms with Crippen molar-refractivity contribution in [3.8, 4) is 0 Å². The molecule has 4 aliphatic rings. The second-order valence-corrected chi connectivity index (χ2v) is 15.0. The minimum atomic E-state index is -4.36. The fourth-order valence-corrected chi connectivity index (χ4v) is 10.2. The van der Waals surface area contributed by atoms with Gasteiger partial charge in [0.15, 0.2) is 5.69 Å². The largest absolute Gasteiger partial charge is 0.343 e. The van der Waals surface area contributed by atoms with Gasteiger partial charge in [-0.05, 0) is 106 Å². The number of rotatable bonds is 6. The third kappa shape index (κ3) is 4.23. The summed E-state index contributed by atoms with van der Waals surface area (Å²) in [6.07, 6.45) is 4.57. The number of carbonyl (C=O) groups excluding carboxylic acids is 2. The molecule has 2 atom stereocenters. The van der Waals surface area contributed by atoms with Crippen molar-refractivity contribution in [1.82, 2.24) is 14.5 Å². The maximum absolute atomic E-state index is 14.8. The number of fused-ring (bicyclic) bond motifs is 2. The van der Waals surface area contributed by atoms with Crippen LogP contribution in [0.15, 0.2) is 71.6 Å². The third-order valence-electron chi connectivity index (χ3n) is 10.1. The second kappa shape index (κ2) is 9.95. The van der Waals surface area contributed by atoms with Gasteiger partial charge in [0, 0.05) is 28.1 Å². The van der Waals surface area contributed by atoms with E-state index in [2.05, 4.69) is 10.6 Å². The molecule has 0 bridgehead atoms. The van der Waals surface area contributed by atoms with Crippen LogP contribution in [0.4, 0.5) is 10.1 Å². The van der Waals surface area contributed by atoms with E-state index in [-0.39, 0.29) is 16.7 Å². The van der Waals surface area contributed by atoms with Crippen molar-refractivity contribution in [3.05, 3.63) is 94.3 Å². The number of quaternary nitrogens is 1. The molecule has 3 fully saturated rings. The summed E-state index contributed by atoms with van der Waals surface area (Å²) in [6, 6.07) is 16.9. The van der Waals surface area contributed by atoms with Crippen molar-refractivity contribution in [1.29, 1.82) is 0 Å². The fraction of sp³-hybridized carbons (Fsp3) is 0.394. The Kier molecular flexibility index (Phi) is 6.63. The molecule has 0 radical (unpaired) electrons. The van der Waals surface area contributed by atoms with Gasteiger partial charge in [0.25, 0.3) is 5.91 Å². The molecule has 3 aromatic rings. The molecular weight excluding hydrogens is 589 g/mol. The van der Waals surface area contributed by atoms with Gasteiger partial charge in [-0.15, -0.1) is 3.89 Å². The van der Waals surface area contributed by atoms with Gasteiger partial charge < -0.3 is 10.6 Å². The summed E-state index contributed by atoms with van der Waals surface area (Å²) >= 11 is 6.09. The molecule has 2 aliphatic carbocycles. The molecule has 7 nitrogen and oxygen atoms in total. The van der Waals surface area contributed by atoms with Crippen LogP contribution in [0.1, 0.15) is 66.9 Å². The van der Waals surface area contributed by atoms with E-state index < -0.39 is 42.6 Å². The predicted octanol–water partition coefficient (Wildman–Crippen LogP) is 5.55. The monoisotopic (exact) mass is 622 g/mol. The number of carbonyl (C=O) groups is 2.